The number of aryl methyl sites for hydroxylation is 1. The highest BCUT2D eigenvalue weighted by molar-refractivity contribution is 7.08. The summed E-state index contributed by atoms with van der Waals surface area (Å²) in [5, 5.41) is 3.87. The molecule has 5 nitrogen and oxygen atoms in total. The van der Waals surface area contributed by atoms with Crippen molar-refractivity contribution < 1.29 is 4.79 Å². The SMILES string of the molecule is Cc1cnc(C2CCCN2C(=O)c2ccsc2)n1Cc1ccncc1. The number of rotatable bonds is 4. The molecule has 1 unspecified atom stereocenters. The molecule has 3 aromatic rings. The second kappa shape index (κ2) is 6.80. The van der Waals surface area contributed by atoms with Gasteiger partial charge in [0.1, 0.15) is 5.82 Å². The average molecular weight is 352 g/mol. The Bertz CT molecular complexity index is 857. The molecule has 0 saturated carbocycles. The first-order chi connectivity index (χ1) is 12.2. The summed E-state index contributed by atoms with van der Waals surface area (Å²) in [5.74, 6) is 1.09. The van der Waals surface area contributed by atoms with Crippen LogP contribution in [-0.4, -0.2) is 31.9 Å². The molecule has 4 rings (SSSR count). The fourth-order valence-corrected chi connectivity index (χ4v) is 4.08. The molecule has 0 bridgehead atoms. The number of pyridine rings is 1. The van der Waals surface area contributed by atoms with Crippen LogP contribution in [0.5, 0.6) is 0 Å². The van der Waals surface area contributed by atoms with E-state index in [1.807, 2.05) is 52.4 Å². The van der Waals surface area contributed by atoms with E-state index >= 15 is 0 Å². The number of hydrogen-bond donors (Lipinski definition) is 0. The largest absolute Gasteiger partial charge is 0.328 e. The molecular weight excluding hydrogens is 332 g/mol. The molecule has 4 heterocycles. The third-order valence-electron chi connectivity index (χ3n) is 4.76. The smallest absolute Gasteiger partial charge is 0.255 e. The molecule has 0 aromatic carbocycles. The summed E-state index contributed by atoms with van der Waals surface area (Å²) < 4.78 is 2.22. The van der Waals surface area contributed by atoms with Crippen LogP contribution in [0.2, 0.25) is 0 Å². The van der Waals surface area contributed by atoms with Crippen LogP contribution in [-0.2, 0) is 6.54 Å². The number of nitrogens with zero attached hydrogens (tertiary/aromatic N) is 4. The van der Waals surface area contributed by atoms with Crippen LogP contribution in [0.4, 0.5) is 0 Å². The summed E-state index contributed by atoms with van der Waals surface area (Å²) in [6.07, 6.45) is 7.50. The van der Waals surface area contributed by atoms with Crippen molar-refractivity contribution in [2.24, 2.45) is 0 Å². The first kappa shape index (κ1) is 16.0. The summed E-state index contributed by atoms with van der Waals surface area (Å²) in [6.45, 7) is 3.61. The second-order valence-electron chi connectivity index (χ2n) is 6.37. The van der Waals surface area contributed by atoms with Crippen LogP contribution in [0, 0.1) is 6.92 Å². The van der Waals surface area contributed by atoms with Crippen molar-refractivity contribution in [1.29, 1.82) is 0 Å². The Morgan fingerprint density at radius 2 is 2.16 bits per heavy atom. The van der Waals surface area contributed by atoms with E-state index in [0.717, 1.165) is 43.0 Å². The van der Waals surface area contributed by atoms with E-state index in [0.29, 0.717) is 0 Å². The van der Waals surface area contributed by atoms with E-state index in [2.05, 4.69) is 21.5 Å². The van der Waals surface area contributed by atoms with E-state index in [1.165, 1.54) is 5.56 Å². The van der Waals surface area contributed by atoms with Gasteiger partial charge in [0.05, 0.1) is 11.6 Å². The van der Waals surface area contributed by atoms with E-state index in [4.69, 9.17) is 0 Å². The minimum absolute atomic E-state index is 0.0444. The third kappa shape index (κ3) is 3.09. The molecule has 1 atom stereocenters. The first-order valence-electron chi connectivity index (χ1n) is 8.48. The number of likely N-dealkylation sites (tertiary alicyclic amines) is 1. The zero-order valence-electron chi connectivity index (χ0n) is 14.1. The van der Waals surface area contributed by atoms with Crippen LogP contribution in [0.1, 0.15) is 46.3 Å². The molecule has 1 aliphatic rings. The lowest BCUT2D eigenvalue weighted by atomic mass is 10.1. The fraction of sp³-hybridized carbons (Fsp3) is 0.316. The minimum atomic E-state index is 0.0444. The van der Waals surface area contributed by atoms with Crippen LogP contribution in [0.3, 0.4) is 0 Å². The Morgan fingerprint density at radius 3 is 2.92 bits per heavy atom. The highest BCUT2D eigenvalue weighted by Gasteiger charge is 2.33. The molecule has 1 aliphatic heterocycles. The number of amides is 1. The number of imidazole rings is 1. The first-order valence-corrected chi connectivity index (χ1v) is 9.42. The van der Waals surface area contributed by atoms with Gasteiger partial charge in [-0.1, -0.05) is 0 Å². The number of thiophene rings is 1. The lowest BCUT2D eigenvalue weighted by molar-refractivity contribution is 0.0728. The van der Waals surface area contributed by atoms with Crippen molar-refractivity contribution in [1.82, 2.24) is 19.4 Å². The fourth-order valence-electron chi connectivity index (χ4n) is 3.45. The number of aromatic nitrogens is 3. The molecule has 0 radical (unpaired) electrons. The van der Waals surface area contributed by atoms with E-state index in [-0.39, 0.29) is 11.9 Å². The second-order valence-corrected chi connectivity index (χ2v) is 7.15. The molecule has 1 amide bonds. The molecular formula is C19H20N4OS. The predicted octanol–water partition coefficient (Wildman–Crippen LogP) is 3.67. The lowest BCUT2D eigenvalue weighted by Crippen LogP contribution is -2.32. The third-order valence-corrected chi connectivity index (χ3v) is 5.44. The van der Waals surface area contributed by atoms with Gasteiger partial charge in [0, 0.05) is 42.8 Å². The molecule has 0 N–H and O–H groups in total. The zero-order valence-corrected chi connectivity index (χ0v) is 14.9. The van der Waals surface area contributed by atoms with Crippen molar-refractivity contribution in [3.8, 4) is 0 Å². The van der Waals surface area contributed by atoms with Gasteiger partial charge in [-0.05, 0) is 48.9 Å². The lowest BCUT2D eigenvalue weighted by Gasteiger charge is -2.25. The molecule has 0 aliphatic carbocycles. The van der Waals surface area contributed by atoms with Gasteiger partial charge < -0.3 is 9.47 Å². The topological polar surface area (TPSA) is 51.0 Å². The van der Waals surface area contributed by atoms with E-state index < -0.39 is 0 Å². The van der Waals surface area contributed by atoms with Crippen LogP contribution >= 0.6 is 11.3 Å². The number of carbonyl (C=O) groups excluding carboxylic acids is 1. The zero-order chi connectivity index (χ0) is 17.2. The van der Waals surface area contributed by atoms with Crippen molar-refractivity contribution in [2.75, 3.05) is 6.54 Å². The van der Waals surface area contributed by atoms with Gasteiger partial charge in [-0.3, -0.25) is 9.78 Å². The van der Waals surface area contributed by atoms with Gasteiger partial charge in [0.15, 0.2) is 0 Å². The van der Waals surface area contributed by atoms with Gasteiger partial charge in [-0.2, -0.15) is 11.3 Å². The van der Waals surface area contributed by atoms with Crippen molar-refractivity contribution in [2.45, 2.75) is 32.4 Å². The van der Waals surface area contributed by atoms with Crippen LogP contribution < -0.4 is 0 Å². The molecule has 25 heavy (non-hydrogen) atoms. The standard InChI is InChI=1S/C19H20N4OS/c1-14-11-21-18(23(14)12-15-4-7-20-8-5-15)17-3-2-9-22(17)19(24)16-6-10-25-13-16/h4-8,10-11,13,17H,2-3,9,12H2,1H3. The predicted molar refractivity (Wildman–Crippen MR) is 97.6 cm³/mol. The van der Waals surface area contributed by atoms with Gasteiger partial charge in [0.25, 0.3) is 5.91 Å². The van der Waals surface area contributed by atoms with Crippen molar-refractivity contribution in [3.05, 3.63) is 70.2 Å². The average Bonchev–Trinajstić information content (AvgIpc) is 3.37. The Hall–Kier alpha value is -2.47. The molecule has 128 valence electrons. The van der Waals surface area contributed by atoms with Crippen molar-refractivity contribution >= 4 is 17.2 Å². The Kier molecular flexibility index (Phi) is 4.36. The normalized spacial score (nSPS) is 17.2. The Balaban J connectivity index is 1.64. The van der Waals surface area contributed by atoms with Crippen molar-refractivity contribution in [3.63, 3.8) is 0 Å². The maximum atomic E-state index is 12.9. The number of hydrogen-bond acceptors (Lipinski definition) is 4. The Morgan fingerprint density at radius 1 is 1.32 bits per heavy atom. The highest BCUT2D eigenvalue weighted by Crippen LogP contribution is 2.33. The molecule has 1 saturated heterocycles. The maximum absolute atomic E-state index is 12.9. The minimum Gasteiger partial charge on any atom is -0.328 e. The summed E-state index contributed by atoms with van der Waals surface area (Å²) >= 11 is 1.56. The monoisotopic (exact) mass is 352 g/mol. The van der Waals surface area contributed by atoms with Gasteiger partial charge >= 0.3 is 0 Å². The highest BCUT2D eigenvalue weighted by atomic mass is 32.1. The Labute approximate surface area is 151 Å². The van der Waals surface area contributed by atoms with Gasteiger partial charge in [0.2, 0.25) is 0 Å². The van der Waals surface area contributed by atoms with Crippen LogP contribution in [0.25, 0.3) is 0 Å². The molecule has 1 fully saturated rings. The summed E-state index contributed by atoms with van der Waals surface area (Å²) in [5.41, 5.74) is 3.08. The van der Waals surface area contributed by atoms with Gasteiger partial charge in [-0.25, -0.2) is 4.98 Å². The van der Waals surface area contributed by atoms with E-state index in [9.17, 15) is 4.79 Å². The summed E-state index contributed by atoms with van der Waals surface area (Å²) in [6, 6.07) is 5.98. The summed E-state index contributed by atoms with van der Waals surface area (Å²) in [7, 11) is 0. The van der Waals surface area contributed by atoms with E-state index in [1.54, 1.807) is 11.3 Å². The molecule has 3 aromatic heterocycles. The maximum Gasteiger partial charge on any atom is 0.255 e. The quantitative estimate of drug-likeness (QED) is 0.720. The molecule has 6 heteroatoms. The van der Waals surface area contributed by atoms with Gasteiger partial charge in [-0.15, -0.1) is 0 Å². The van der Waals surface area contributed by atoms with Crippen LogP contribution in [0.15, 0.2) is 47.5 Å². The number of carbonyl (C=O) groups is 1. The summed E-state index contributed by atoms with van der Waals surface area (Å²) in [4.78, 5) is 23.6. The molecule has 0 spiro atoms.